The summed E-state index contributed by atoms with van der Waals surface area (Å²) in [5, 5.41) is 0. The molecule has 0 bridgehead atoms. The summed E-state index contributed by atoms with van der Waals surface area (Å²) in [5.74, 6) is -0.364. The van der Waals surface area contributed by atoms with Gasteiger partial charge in [-0.15, -0.1) is 0 Å². The lowest BCUT2D eigenvalue weighted by Crippen LogP contribution is -2.11. The van der Waals surface area contributed by atoms with E-state index >= 15 is 0 Å². The van der Waals surface area contributed by atoms with Crippen LogP contribution in [0.15, 0.2) is 18.2 Å². The molecular weight excluding hydrogens is 253 g/mol. The highest BCUT2D eigenvalue weighted by Gasteiger charge is 2.03. The molecule has 0 fully saturated rings. The molecule has 0 aromatic heterocycles. The van der Waals surface area contributed by atoms with E-state index in [0.717, 1.165) is 0 Å². The van der Waals surface area contributed by atoms with Crippen LogP contribution >= 0.6 is 12.2 Å². The van der Waals surface area contributed by atoms with Gasteiger partial charge in [-0.2, -0.15) is 0 Å². The summed E-state index contributed by atoms with van der Waals surface area (Å²) in [7, 11) is 0. The molecule has 0 atom stereocenters. The van der Waals surface area contributed by atoms with Crippen molar-refractivity contribution in [2.45, 2.75) is 26.6 Å². The molecule has 0 radical (unpaired) electrons. The zero-order valence-electron chi connectivity index (χ0n) is 10.6. The molecule has 0 amide bonds. The second kappa shape index (κ2) is 7.41. The topological polar surface area (TPSA) is 44.5 Å². The maximum absolute atomic E-state index is 13.3. The van der Waals surface area contributed by atoms with E-state index in [-0.39, 0.29) is 16.9 Å². The monoisotopic (exact) mass is 271 g/mol. The Kier molecular flexibility index (Phi) is 6.18. The van der Waals surface area contributed by atoms with E-state index in [9.17, 15) is 4.39 Å². The Hall–Kier alpha value is -1.04. The molecule has 0 saturated heterocycles. The Morgan fingerprint density at radius 1 is 1.33 bits per heavy atom. The Labute approximate surface area is 112 Å². The van der Waals surface area contributed by atoms with Crippen LogP contribution in [0, 0.1) is 5.82 Å². The normalized spacial score (nSPS) is 10.9. The van der Waals surface area contributed by atoms with Crippen LogP contribution in [0.3, 0.4) is 0 Å². The third-order valence-corrected chi connectivity index (χ3v) is 2.43. The fraction of sp³-hybridized carbons (Fsp3) is 0.462. The highest BCUT2D eigenvalue weighted by Crippen LogP contribution is 2.10. The first-order valence-electron chi connectivity index (χ1n) is 5.77. The smallest absolute Gasteiger partial charge is 0.124 e. The van der Waals surface area contributed by atoms with Gasteiger partial charge in [0.15, 0.2) is 0 Å². The minimum Gasteiger partial charge on any atom is -0.389 e. The fourth-order valence-electron chi connectivity index (χ4n) is 1.41. The minimum absolute atomic E-state index is 0.180. The molecule has 1 aromatic rings. The molecule has 2 N–H and O–H groups in total. The maximum atomic E-state index is 13.3. The van der Waals surface area contributed by atoms with E-state index in [1.807, 2.05) is 13.8 Å². The second-order valence-electron chi connectivity index (χ2n) is 4.18. The van der Waals surface area contributed by atoms with Gasteiger partial charge < -0.3 is 15.2 Å². The van der Waals surface area contributed by atoms with E-state index < -0.39 is 0 Å². The van der Waals surface area contributed by atoms with Crippen molar-refractivity contribution in [2.24, 2.45) is 5.73 Å². The number of hydrogen-bond donors (Lipinski definition) is 1. The summed E-state index contributed by atoms with van der Waals surface area (Å²) in [6, 6.07) is 4.45. The molecule has 18 heavy (non-hydrogen) atoms. The first kappa shape index (κ1) is 15.0. The third-order valence-electron chi connectivity index (χ3n) is 2.19. The molecule has 0 heterocycles. The molecular formula is C13H18FNO2S. The van der Waals surface area contributed by atoms with Gasteiger partial charge in [0.05, 0.1) is 25.9 Å². The third kappa shape index (κ3) is 5.53. The van der Waals surface area contributed by atoms with Crippen molar-refractivity contribution in [3.05, 3.63) is 35.1 Å². The summed E-state index contributed by atoms with van der Waals surface area (Å²) in [5.41, 5.74) is 6.69. The number of benzene rings is 1. The summed E-state index contributed by atoms with van der Waals surface area (Å²) >= 11 is 4.81. The fourth-order valence-corrected chi connectivity index (χ4v) is 1.53. The Balaban J connectivity index is 2.44. The van der Waals surface area contributed by atoms with Crippen molar-refractivity contribution in [1.82, 2.24) is 0 Å². The number of thiocarbonyl (C=S) groups is 1. The molecule has 1 aromatic carbocycles. The lowest BCUT2D eigenvalue weighted by Gasteiger charge is -2.09. The Morgan fingerprint density at radius 2 is 2.06 bits per heavy atom. The number of halogens is 1. The number of hydrogen-bond acceptors (Lipinski definition) is 3. The quantitative estimate of drug-likeness (QED) is 0.611. The van der Waals surface area contributed by atoms with Crippen LogP contribution in [0.25, 0.3) is 0 Å². The Morgan fingerprint density at radius 3 is 2.67 bits per heavy atom. The van der Waals surface area contributed by atoms with Gasteiger partial charge in [0, 0.05) is 5.56 Å². The van der Waals surface area contributed by atoms with Crippen molar-refractivity contribution < 1.29 is 13.9 Å². The zero-order valence-corrected chi connectivity index (χ0v) is 11.4. The summed E-state index contributed by atoms with van der Waals surface area (Å²) in [6.45, 7) is 5.23. The van der Waals surface area contributed by atoms with Gasteiger partial charge in [-0.1, -0.05) is 12.2 Å². The average molecular weight is 271 g/mol. The van der Waals surface area contributed by atoms with Crippen molar-refractivity contribution >= 4 is 17.2 Å². The lowest BCUT2D eigenvalue weighted by atomic mass is 10.1. The molecule has 5 heteroatoms. The van der Waals surface area contributed by atoms with Gasteiger partial charge in [-0.25, -0.2) is 4.39 Å². The minimum atomic E-state index is -0.364. The molecule has 0 aliphatic heterocycles. The molecule has 0 aliphatic rings. The maximum Gasteiger partial charge on any atom is 0.124 e. The zero-order chi connectivity index (χ0) is 13.5. The van der Waals surface area contributed by atoms with Gasteiger partial charge in [0.1, 0.15) is 10.8 Å². The molecule has 0 spiro atoms. The predicted molar refractivity (Wildman–Crippen MR) is 73.0 cm³/mol. The van der Waals surface area contributed by atoms with E-state index in [2.05, 4.69) is 0 Å². The lowest BCUT2D eigenvalue weighted by molar-refractivity contribution is 0.0142. The highest BCUT2D eigenvalue weighted by atomic mass is 32.1. The largest absolute Gasteiger partial charge is 0.389 e. The summed E-state index contributed by atoms with van der Waals surface area (Å²) < 4.78 is 24.0. The molecule has 100 valence electrons. The summed E-state index contributed by atoms with van der Waals surface area (Å²) in [6.07, 6.45) is 0.184. The predicted octanol–water partition coefficient (Wildman–Crippen LogP) is 2.40. The first-order valence-corrected chi connectivity index (χ1v) is 6.18. The van der Waals surface area contributed by atoms with Crippen LogP contribution < -0.4 is 5.73 Å². The first-order chi connectivity index (χ1) is 8.49. The van der Waals surface area contributed by atoms with E-state index in [1.165, 1.54) is 12.1 Å². The number of nitrogens with two attached hydrogens (primary N) is 1. The van der Waals surface area contributed by atoms with Gasteiger partial charge in [0.2, 0.25) is 0 Å². The van der Waals surface area contributed by atoms with Crippen molar-refractivity contribution in [3.63, 3.8) is 0 Å². The average Bonchev–Trinajstić information content (AvgIpc) is 2.27. The summed E-state index contributed by atoms with van der Waals surface area (Å²) in [4.78, 5) is 0.180. The van der Waals surface area contributed by atoms with Crippen molar-refractivity contribution in [3.8, 4) is 0 Å². The van der Waals surface area contributed by atoms with Gasteiger partial charge >= 0.3 is 0 Å². The van der Waals surface area contributed by atoms with Crippen LogP contribution in [0.5, 0.6) is 0 Å². The standard InChI is InChI=1S/C13H18FNO2S/c1-9(2)17-4-3-16-8-10-5-11(13(15)18)7-12(14)6-10/h5-7,9H,3-4,8H2,1-2H3,(H2,15,18). The van der Waals surface area contributed by atoms with Gasteiger partial charge in [-0.05, 0) is 37.6 Å². The number of ether oxygens (including phenoxy) is 2. The molecule has 0 unspecified atom stereocenters. The van der Waals surface area contributed by atoms with Gasteiger partial charge in [-0.3, -0.25) is 0 Å². The van der Waals surface area contributed by atoms with Crippen LogP contribution in [-0.4, -0.2) is 24.3 Å². The molecule has 0 aliphatic carbocycles. The molecule has 1 rings (SSSR count). The van der Waals surface area contributed by atoms with Crippen LogP contribution in [-0.2, 0) is 16.1 Å². The number of rotatable bonds is 7. The Bertz CT molecular complexity index is 410. The van der Waals surface area contributed by atoms with Crippen LogP contribution in [0.2, 0.25) is 0 Å². The highest BCUT2D eigenvalue weighted by molar-refractivity contribution is 7.80. The molecule has 3 nitrogen and oxygen atoms in total. The van der Waals surface area contributed by atoms with E-state index in [4.69, 9.17) is 27.4 Å². The van der Waals surface area contributed by atoms with E-state index in [0.29, 0.717) is 30.9 Å². The van der Waals surface area contributed by atoms with Crippen LogP contribution in [0.1, 0.15) is 25.0 Å². The molecule has 0 saturated carbocycles. The van der Waals surface area contributed by atoms with E-state index in [1.54, 1.807) is 6.07 Å². The van der Waals surface area contributed by atoms with Crippen LogP contribution in [0.4, 0.5) is 4.39 Å². The van der Waals surface area contributed by atoms with Crippen molar-refractivity contribution in [1.29, 1.82) is 0 Å². The second-order valence-corrected chi connectivity index (χ2v) is 4.62. The van der Waals surface area contributed by atoms with Gasteiger partial charge in [0.25, 0.3) is 0 Å². The SMILES string of the molecule is CC(C)OCCOCc1cc(F)cc(C(N)=S)c1. The van der Waals surface area contributed by atoms with Crippen molar-refractivity contribution in [2.75, 3.05) is 13.2 Å².